The zero-order valence-electron chi connectivity index (χ0n) is 25.6. The molecule has 1 aromatic heterocycles. The molecule has 2 aliphatic rings. The molecule has 0 saturated carbocycles. The van der Waals surface area contributed by atoms with Crippen molar-refractivity contribution in [3.05, 3.63) is 137 Å². The van der Waals surface area contributed by atoms with E-state index in [1.807, 2.05) is 24.3 Å². The summed E-state index contributed by atoms with van der Waals surface area (Å²) in [4.78, 5) is 0. The summed E-state index contributed by atoms with van der Waals surface area (Å²) >= 11 is 1.51. The van der Waals surface area contributed by atoms with E-state index in [2.05, 4.69) is 125 Å². The molecule has 2 aliphatic carbocycles. The topological polar surface area (TPSA) is 13.1 Å². The van der Waals surface area contributed by atoms with Crippen LogP contribution >= 0.6 is 0 Å². The van der Waals surface area contributed by atoms with E-state index in [1.54, 1.807) is 6.26 Å². The van der Waals surface area contributed by atoms with Gasteiger partial charge in [0.2, 0.25) is 0 Å². The van der Waals surface area contributed by atoms with E-state index in [0.717, 1.165) is 24.2 Å². The van der Waals surface area contributed by atoms with E-state index in [-0.39, 0.29) is 10.8 Å². The second-order valence-electron chi connectivity index (χ2n) is 12.9. The Morgan fingerprint density at radius 1 is 0.878 bits per heavy atom. The van der Waals surface area contributed by atoms with Crippen LogP contribution in [0.4, 0.5) is 0 Å². The molecule has 0 radical (unpaired) electrons. The van der Waals surface area contributed by atoms with Crippen molar-refractivity contribution in [1.82, 2.24) is 0 Å². The summed E-state index contributed by atoms with van der Waals surface area (Å²) < 4.78 is 7.48. The van der Waals surface area contributed by atoms with Crippen molar-refractivity contribution >= 4 is 9.28 Å². The van der Waals surface area contributed by atoms with Crippen molar-refractivity contribution in [2.45, 2.75) is 72.1 Å². The zero-order valence-corrected chi connectivity index (χ0v) is 28.1. The van der Waals surface area contributed by atoms with Crippen molar-refractivity contribution in [1.29, 1.82) is 0 Å². The van der Waals surface area contributed by atoms with E-state index >= 15 is 0 Å². The van der Waals surface area contributed by atoms with Crippen molar-refractivity contribution in [2.24, 2.45) is 5.92 Å². The fourth-order valence-electron chi connectivity index (χ4n) is 4.90. The third kappa shape index (κ3) is 8.36. The van der Waals surface area contributed by atoms with Gasteiger partial charge in [0.25, 0.3) is 0 Å². The van der Waals surface area contributed by atoms with Gasteiger partial charge in [0.05, 0.1) is 12.0 Å². The van der Waals surface area contributed by atoms with Gasteiger partial charge in [0, 0.05) is 0 Å². The molecular weight excluding hydrogens is 576 g/mol. The fraction of sp³-hybridized carbons (Fsp3) is 0.308. The Bertz CT molecular complexity index is 1440. The van der Waals surface area contributed by atoms with Gasteiger partial charge in [-0.2, -0.15) is 35.4 Å². The van der Waals surface area contributed by atoms with Crippen molar-refractivity contribution in [3.8, 4) is 11.1 Å². The van der Waals surface area contributed by atoms with E-state index in [0.29, 0.717) is 5.92 Å². The van der Waals surface area contributed by atoms with Crippen molar-refractivity contribution < 1.29 is 28.7 Å². The molecule has 1 unspecified atom stereocenters. The maximum absolute atomic E-state index is 5.23. The summed E-state index contributed by atoms with van der Waals surface area (Å²) in [5, 5.41) is 0. The number of furan rings is 1. The third-order valence-corrected chi connectivity index (χ3v) is 7.95. The summed E-state index contributed by atoms with van der Waals surface area (Å²) in [6.07, 6.45) is 11.1. The standard InChI is InChI=1S/C21H25.C10H9O.C8H8.Zr/c1-20(2,3)16-9-7-14-11-15-8-10-17(21(4,5)6)13-19(15)18(14)12-16;1-8-4-5-9(7-8)10-3-2-6-11-10;1-2-8-6-4-3-5-7-8;/h7,9-10,12-13H,11H2,1-6H3;2-3,5-8H,1H3;1,3-7H,2H2;/q2*-1;;+2. The molecule has 0 spiro atoms. The summed E-state index contributed by atoms with van der Waals surface area (Å²) in [5.41, 5.74) is 11.3. The second-order valence-corrected chi connectivity index (χ2v) is 13.9. The number of rotatable bonds is 3. The predicted octanol–water partition coefficient (Wildman–Crippen LogP) is 9.90. The van der Waals surface area contributed by atoms with Crippen LogP contribution in [-0.2, 0) is 47.9 Å². The average molecular weight is 618 g/mol. The summed E-state index contributed by atoms with van der Waals surface area (Å²) in [5.74, 6) is 1.36. The normalized spacial score (nSPS) is 15.1. The first-order valence-electron chi connectivity index (χ1n) is 14.5. The summed E-state index contributed by atoms with van der Waals surface area (Å²) in [6.45, 7) is 15.7. The van der Waals surface area contributed by atoms with Crippen LogP contribution in [0.15, 0.2) is 95.6 Å². The van der Waals surface area contributed by atoms with Gasteiger partial charge in [-0.3, -0.25) is 6.08 Å². The van der Waals surface area contributed by atoms with Gasteiger partial charge in [0.15, 0.2) is 0 Å². The van der Waals surface area contributed by atoms with E-state index in [4.69, 9.17) is 4.42 Å². The Hall–Kier alpha value is -2.83. The van der Waals surface area contributed by atoms with Crippen molar-refractivity contribution in [3.63, 3.8) is 0 Å². The summed E-state index contributed by atoms with van der Waals surface area (Å²) in [7, 11) is 0. The molecule has 0 saturated heterocycles. The van der Waals surface area contributed by atoms with Crippen LogP contribution in [0.3, 0.4) is 0 Å². The Labute approximate surface area is 262 Å². The van der Waals surface area contributed by atoms with Crippen LogP contribution < -0.4 is 0 Å². The van der Waals surface area contributed by atoms with Crippen LogP contribution in [0, 0.1) is 18.1 Å². The molecule has 0 aliphatic heterocycles. The van der Waals surface area contributed by atoms with Gasteiger partial charge < -0.3 is 4.42 Å². The Balaban J connectivity index is 0.000000161. The Morgan fingerprint density at radius 3 is 2.17 bits per heavy atom. The van der Waals surface area contributed by atoms with Crippen LogP contribution in [0.25, 0.3) is 16.7 Å². The molecule has 1 atom stereocenters. The van der Waals surface area contributed by atoms with Gasteiger partial charge in [0.1, 0.15) is 0 Å². The van der Waals surface area contributed by atoms with Crippen LogP contribution in [0.1, 0.15) is 82.0 Å². The maximum atomic E-state index is 5.23. The fourth-order valence-corrected chi connectivity index (χ4v) is 5.48. The minimum atomic E-state index is 0.177. The van der Waals surface area contributed by atoms with Gasteiger partial charge in [-0.25, -0.2) is 6.08 Å². The average Bonchev–Trinajstić information content (AvgIpc) is 3.68. The predicted molar refractivity (Wildman–Crippen MR) is 171 cm³/mol. The third-order valence-electron chi connectivity index (χ3n) is 7.44. The van der Waals surface area contributed by atoms with Gasteiger partial charge in [-0.05, 0) is 29.5 Å². The Morgan fingerprint density at radius 2 is 1.59 bits per heavy atom. The molecule has 1 heterocycles. The van der Waals surface area contributed by atoms with Gasteiger partial charge >= 0.3 is 70.3 Å². The number of benzene rings is 3. The van der Waals surface area contributed by atoms with Crippen LogP contribution in [0.2, 0.25) is 0 Å². The zero-order chi connectivity index (χ0) is 29.6. The molecule has 0 N–H and O–H groups in total. The van der Waals surface area contributed by atoms with E-state index < -0.39 is 0 Å². The molecule has 41 heavy (non-hydrogen) atoms. The monoisotopic (exact) mass is 616 g/mol. The molecule has 208 valence electrons. The SMILES string of the molecule is CC(C)(C)c1c[c-]c2c(c1)-c1cc(C(C)(C)C)ccc1C2.CC1[C-]=CC(c2ccco2)=C1.[Zr+2]=[CH]Cc1ccccc1. The first-order chi connectivity index (χ1) is 19.5. The second kappa shape index (κ2) is 13.4. The van der Waals surface area contributed by atoms with Crippen LogP contribution in [0.5, 0.6) is 0 Å². The van der Waals surface area contributed by atoms with E-state index in [1.165, 1.54) is 63.2 Å². The van der Waals surface area contributed by atoms with Crippen molar-refractivity contribution in [2.75, 3.05) is 0 Å². The number of fused-ring (bicyclic) bond motifs is 3. The first kappa shape index (κ1) is 31.1. The molecular formula is C39H42OZr. The molecule has 0 bridgehead atoms. The quantitative estimate of drug-likeness (QED) is 0.184. The molecule has 6 rings (SSSR count). The molecule has 1 nitrogen and oxygen atoms in total. The molecule has 2 heteroatoms. The Kier molecular flexibility index (Phi) is 10.2. The molecule has 3 aromatic carbocycles. The van der Waals surface area contributed by atoms with Gasteiger partial charge in [-0.15, -0.1) is 11.1 Å². The van der Waals surface area contributed by atoms with Crippen LogP contribution in [-0.4, -0.2) is 3.71 Å². The molecule has 0 fully saturated rings. The molecule has 0 amide bonds. The minimum absolute atomic E-state index is 0.177. The molecule has 4 aromatic rings. The number of hydrogen-bond acceptors (Lipinski definition) is 1. The summed E-state index contributed by atoms with van der Waals surface area (Å²) in [6, 6.07) is 29.4. The number of allylic oxidation sites excluding steroid dienone is 4. The van der Waals surface area contributed by atoms with E-state index in [9.17, 15) is 0 Å². The van der Waals surface area contributed by atoms with Gasteiger partial charge in [-0.1, -0.05) is 89.1 Å². The number of hydrogen-bond donors (Lipinski definition) is 0. The first-order valence-corrected chi connectivity index (χ1v) is 15.9.